The number of amides is 1. The fraction of sp³-hybridized carbons (Fsp3) is 0.320. The van der Waals surface area contributed by atoms with E-state index >= 15 is 0 Å². The topological polar surface area (TPSA) is 79.6 Å². The van der Waals surface area contributed by atoms with Gasteiger partial charge in [0, 0.05) is 6.54 Å². The molecule has 3 rings (SSSR count). The van der Waals surface area contributed by atoms with Gasteiger partial charge in [-0.3, -0.25) is 9.10 Å². The van der Waals surface area contributed by atoms with Gasteiger partial charge in [0.2, 0.25) is 5.91 Å². The number of thioether (sulfide) groups is 1. The number of benzene rings is 2. The SMILES string of the molecule is Cc1ccc(S(=O)(=O)N(CC(=O)NCCCSCc2ccco2)c2cc(C)cc(C)c2)cc1. The minimum atomic E-state index is -3.91. The summed E-state index contributed by atoms with van der Waals surface area (Å²) < 4.78 is 33.4. The van der Waals surface area contributed by atoms with E-state index in [1.54, 1.807) is 54.4 Å². The van der Waals surface area contributed by atoms with Crippen LogP contribution in [0.15, 0.2) is 70.2 Å². The van der Waals surface area contributed by atoms with Gasteiger partial charge < -0.3 is 9.73 Å². The van der Waals surface area contributed by atoms with E-state index < -0.39 is 10.0 Å². The van der Waals surface area contributed by atoms with Crippen LogP contribution in [0.1, 0.15) is 28.9 Å². The van der Waals surface area contributed by atoms with E-state index in [4.69, 9.17) is 4.42 Å². The number of hydrogen-bond acceptors (Lipinski definition) is 5. The van der Waals surface area contributed by atoms with Gasteiger partial charge in [0.15, 0.2) is 0 Å². The molecule has 3 aromatic rings. The smallest absolute Gasteiger partial charge is 0.264 e. The molecule has 0 aliphatic heterocycles. The van der Waals surface area contributed by atoms with Crippen molar-refractivity contribution in [1.29, 1.82) is 0 Å². The molecular formula is C25H30N2O4S2. The van der Waals surface area contributed by atoms with E-state index in [1.165, 1.54) is 4.31 Å². The Kier molecular flexibility index (Phi) is 8.63. The first kappa shape index (κ1) is 24.9. The molecule has 176 valence electrons. The van der Waals surface area contributed by atoms with Crippen LogP contribution in [0.25, 0.3) is 0 Å². The number of anilines is 1. The van der Waals surface area contributed by atoms with Crippen LogP contribution < -0.4 is 9.62 Å². The van der Waals surface area contributed by atoms with E-state index in [1.807, 2.05) is 39.0 Å². The van der Waals surface area contributed by atoms with Gasteiger partial charge in [0.05, 0.1) is 22.6 Å². The highest BCUT2D eigenvalue weighted by atomic mass is 32.2. The number of carbonyl (C=O) groups excluding carboxylic acids is 1. The van der Waals surface area contributed by atoms with Crippen LogP contribution in [0.2, 0.25) is 0 Å². The van der Waals surface area contributed by atoms with Crippen molar-refractivity contribution in [3.8, 4) is 0 Å². The lowest BCUT2D eigenvalue weighted by Gasteiger charge is -2.25. The molecule has 0 aliphatic rings. The summed E-state index contributed by atoms with van der Waals surface area (Å²) in [5.74, 6) is 2.25. The third-order valence-corrected chi connectivity index (χ3v) is 7.86. The van der Waals surface area contributed by atoms with Crippen molar-refractivity contribution in [2.24, 2.45) is 0 Å². The van der Waals surface area contributed by atoms with Gasteiger partial charge in [0.1, 0.15) is 12.3 Å². The number of nitrogens with one attached hydrogen (secondary N) is 1. The van der Waals surface area contributed by atoms with Crippen molar-refractivity contribution in [3.05, 3.63) is 83.3 Å². The van der Waals surface area contributed by atoms with Gasteiger partial charge in [0.25, 0.3) is 10.0 Å². The number of aryl methyl sites for hydroxylation is 3. The number of hydrogen-bond donors (Lipinski definition) is 1. The van der Waals surface area contributed by atoms with E-state index in [0.717, 1.165) is 40.4 Å². The summed E-state index contributed by atoms with van der Waals surface area (Å²) in [6.07, 6.45) is 2.44. The van der Waals surface area contributed by atoms with Crippen LogP contribution in [0.3, 0.4) is 0 Å². The van der Waals surface area contributed by atoms with Crippen LogP contribution >= 0.6 is 11.8 Å². The molecule has 1 heterocycles. The maximum Gasteiger partial charge on any atom is 0.264 e. The minimum Gasteiger partial charge on any atom is -0.468 e. The van der Waals surface area contributed by atoms with Crippen molar-refractivity contribution in [3.63, 3.8) is 0 Å². The highest BCUT2D eigenvalue weighted by Gasteiger charge is 2.27. The second-order valence-corrected chi connectivity index (χ2v) is 11.0. The first-order chi connectivity index (χ1) is 15.8. The van der Waals surface area contributed by atoms with Crippen LogP contribution in [-0.2, 0) is 20.6 Å². The predicted molar refractivity (Wildman–Crippen MR) is 134 cm³/mol. The maximum atomic E-state index is 13.5. The molecule has 0 fully saturated rings. The van der Waals surface area contributed by atoms with Gasteiger partial charge >= 0.3 is 0 Å². The summed E-state index contributed by atoms with van der Waals surface area (Å²) in [4.78, 5) is 12.9. The van der Waals surface area contributed by atoms with E-state index in [-0.39, 0.29) is 17.3 Å². The average Bonchev–Trinajstić information content (AvgIpc) is 3.27. The van der Waals surface area contributed by atoms with E-state index in [0.29, 0.717) is 12.2 Å². The average molecular weight is 487 g/mol. The lowest BCUT2D eigenvalue weighted by molar-refractivity contribution is -0.119. The summed E-state index contributed by atoms with van der Waals surface area (Å²) in [6, 6.07) is 16.0. The molecule has 1 aromatic heterocycles. The van der Waals surface area contributed by atoms with Gasteiger partial charge in [-0.05, 0) is 80.5 Å². The molecule has 1 amide bonds. The maximum absolute atomic E-state index is 13.5. The molecule has 8 heteroatoms. The fourth-order valence-corrected chi connectivity index (χ4v) is 5.67. The third kappa shape index (κ3) is 7.14. The Morgan fingerprint density at radius 2 is 1.70 bits per heavy atom. The zero-order chi connectivity index (χ0) is 23.8. The second kappa shape index (κ2) is 11.4. The molecule has 0 saturated heterocycles. The van der Waals surface area contributed by atoms with Gasteiger partial charge in [-0.1, -0.05) is 23.8 Å². The number of sulfonamides is 1. The van der Waals surface area contributed by atoms with Crippen molar-refractivity contribution < 1.29 is 17.6 Å². The van der Waals surface area contributed by atoms with E-state index in [2.05, 4.69) is 5.32 Å². The third-order valence-electron chi connectivity index (χ3n) is 5.00. The molecule has 6 nitrogen and oxygen atoms in total. The first-order valence-corrected chi connectivity index (χ1v) is 13.4. The molecule has 0 radical (unpaired) electrons. The molecule has 2 aromatic carbocycles. The number of nitrogens with zero attached hydrogens (tertiary/aromatic N) is 1. The first-order valence-electron chi connectivity index (χ1n) is 10.8. The Morgan fingerprint density at radius 3 is 2.33 bits per heavy atom. The summed E-state index contributed by atoms with van der Waals surface area (Å²) in [5, 5.41) is 2.86. The Balaban J connectivity index is 1.66. The summed E-state index contributed by atoms with van der Waals surface area (Å²) in [6.45, 7) is 5.92. The molecule has 0 aliphatic carbocycles. The Bertz CT molecular complexity index is 1140. The molecule has 0 spiro atoms. The van der Waals surface area contributed by atoms with Gasteiger partial charge in [-0.25, -0.2) is 8.42 Å². The molecule has 0 unspecified atom stereocenters. The zero-order valence-corrected chi connectivity index (χ0v) is 20.8. The highest BCUT2D eigenvalue weighted by molar-refractivity contribution is 7.98. The minimum absolute atomic E-state index is 0.161. The van der Waals surface area contributed by atoms with Crippen LogP contribution in [0.4, 0.5) is 5.69 Å². The quantitative estimate of drug-likeness (QED) is 0.392. The Labute approximate surface area is 200 Å². The summed E-state index contributed by atoms with van der Waals surface area (Å²) in [5.41, 5.74) is 3.32. The highest BCUT2D eigenvalue weighted by Crippen LogP contribution is 2.26. The Morgan fingerprint density at radius 1 is 1.00 bits per heavy atom. The van der Waals surface area contributed by atoms with Crippen LogP contribution in [0.5, 0.6) is 0 Å². The number of carbonyl (C=O) groups is 1. The van der Waals surface area contributed by atoms with Crippen molar-refractivity contribution in [2.75, 3.05) is 23.1 Å². The van der Waals surface area contributed by atoms with Crippen molar-refractivity contribution in [1.82, 2.24) is 5.32 Å². The second-order valence-electron chi connectivity index (χ2n) is 8.01. The molecule has 1 N–H and O–H groups in total. The zero-order valence-electron chi connectivity index (χ0n) is 19.2. The fourth-order valence-electron chi connectivity index (χ4n) is 3.40. The monoisotopic (exact) mass is 486 g/mol. The molecular weight excluding hydrogens is 456 g/mol. The van der Waals surface area contributed by atoms with Gasteiger partial charge in [-0.2, -0.15) is 11.8 Å². The molecule has 0 bridgehead atoms. The standard InChI is InChI=1S/C25H30N2O4S2/c1-19-7-9-24(10-8-19)33(29,30)27(22-15-20(2)14-21(3)16-22)17-25(28)26-11-5-13-32-18-23-6-4-12-31-23/h4,6-10,12,14-16H,5,11,13,17-18H2,1-3H3,(H,26,28). The predicted octanol–water partition coefficient (Wildman–Crippen LogP) is 4.84. The van der Waals surface area contributed by atoms with Gasteiger partial charge in [-0.15, -0.1) is 0 Å². The molecule has 33 heavy (non-hydrogen) atoms. The number of rotatable bonds is 11. The Hall–Kier alpha value is -2.71. The lowest BCUT2D eigenvalue weighted by Crippen LogP contribution is -2.41. The van der Waals surface area contributed by atoms with E-state index in [9.17, 15) is 13.2 Å². The molecule has 0 atom stereocenters. The number of furan rings is 1. The molecule has 0 saturated carbocycles. The lowest BCUT2D eigenvalue weighted by atomic mass is 10.1. The normalized spacial score (nSPS) is 11.4. The van der Waals surface area contributed by atoms with Crippen LogP contribution in [0, 0.1) is 20.8 Å². The largest absolute Gasteiger partial charge is 0.468 e. The summed E-state index contributed by atoms with van der Waals surface area (Å²) >= 11 is 1.73. The van der Waals surface area contributed by atoms with Crippen molar-refractivity contribution >= 4 is 33.4 Å². The summed E-state index contributed by atoms with van der Waals surface area (Å²) in [7, 11) is -3.91. The van der Waals surface area contributed by atoms with Crippen LogP contribution in [-0.4, -0.2) is 33.2 Å². The van der Waals surface area contributed by atoms with Crippen molar-refractivity contribution in [2.45, 2.75) is 37.8 Å².